The van der Waals surface area contributed by atoms with Crippen LogP contribution >= 0.6 is 0 Å². The fourth-order valence-electron chi connectivity index (χ4n) is 2.26. The fraction of sp³-hybridized carbons (Fsp3) is 0.333. The van der Waals surface area contributed by atoms with Crippen molar-refractivity contribution in [3.63, 3.8) is 0 Å². The van der Waals surface area contributed by atoms with Crippen molar-refractivity contribution in [3.8, 4) is 11.3 Å². The summed E-state index contributed by atoms with van der Waals surface area (Å²) in [4.78, 5) is 2.20. The number of aromatic nitrogens is 2. The van der Waals surface area contributed by atoms with Gasteiger partial charge in [0.15, 0.2) is 5.82 Å². The predicted molar refractivity (Wildman–Crippen MR) is 87.1 cm³/mol. The van der Waals surface area contributed by atoms with Crippen LogP contribution in [0.2, 0.25) is 0 Å². The van der Waals surface area contributed by atoms with E-state index in [-0.39, 0.29) is 4.90 Å². The Balaban J connectivity index is 2.41. The summed E-state index contributed by atoms with van der Waals surface area (Å²) in [7, 11) is -3.75. The zero-order valence-corrected chi connectivity index (χ0v) is 13.8. The average molecular weight is 320 g/mol. The smallest absolute Gasteiger partial charge is 0.238 e. The van der Waals surface area contributed by atoms with Crippen molar-refractivity contribution in [2.75, 3.05) is 18.0 Å². The Morgan fingerprint density at radius 1 is 1.09 bits per heavy atom. The predicted octanol–water partition coefficient (Wildman–Crippen LogP) is 1.95. The number of nitrogens with two attached hydrogens (primary N) is 1. The van der Waals surface area contributed by atoms with Gasteiger partial charge in [0.2, 0.25) is 10.0 Å². The third kappa shape index (κ3) is 3.42. The Labute approximate surface area is 131 Å². The van der Waals surface area contributed by atoms with Crippen molar-refractivity contribution >= 4 is 15.8 Å². The van der Waals surface area contributed by atoms with E-state index >= 15 is 0 Å². The molecule has 0 saturated heterocycles. The average Bonchev–Trinajstić information content (AvgIpc) is 2.48. The molecule has 0 aliphatic heterocycles. The topological polar surface area (TPSA) is 89.2 Å². The van der Waals surface area contributed by atoms with Gasteiger partial charge in [-0.25, -0.2) is 13.6 Å². The summed E-state index contributed by atoms with van der Waals surface area (Å²) in [5.41, 5.74) is 1.90. The lowest BCUT2D eigenvalue weighted by atomic mass is 10.1. The summed E-state index contributed by atoms with van der Waals surface area (Å²) in [5.74, 6) is 0.799. The number of benzene rings is 1. The number of nitrogens with zero attached hydrogens (tertiary/aromatic N) is 3. The van der Waals surface area contributed by atoms with E-state index < -0.39 is 10.0 Å². The third-order valence-corrected chi connectivity index (χ3v) is 4.58. The molecule has 0 spiro atoms. The highest BCUT2D eigenvalue weighted by Gasteiger charge is 2.13. The van der Waals surface area contributed by atoms with Gasteiger partial charge < -0.3 is 4.90 Å². The molecular weight excluding hydrogens is 300 g/mol. The lowest BCUT2D eigenvalue weighted by molar-refractivity contribution is 0.597. The summed E-state index contributed by atoms with van der Waals surface area (Å²) in [6.45, 7) is 7.52. The number of hydrogen-bond acceptors (Lipinski definition) is 5. The first-order valence-corrected chi connectivity index (χ1v) is 8.64. The van der Waals surface area contributed by atoms with Crippen LogP contribution in [0.1, 0.15) is 19.4 Å². The molecular formula is C15H20N4O2S. The van der Waals surface area contributed by atoms with Gasteiger partial charge in [0.05, 0.1) is 10.6 Å². The standard InChI is InChI=1S/C15H20N4O2S/c1-4-19(5-2)15-9-8-13(17-18-15)12-7-6-11(3)14(10-12)22(16,20)21/h6-10H,4-5H2,1-3H3,(H2,16,20,21). The van der Waals surface area contributed by atoms with Crippen LogP contribution < -0.4 is 10.0 Å². The number of aryl methyl sites for hydroxylation is 1. The maximum absolute atomic E-state index is 11.6. The maximum atomic E-state index is 11.6. The van der Waals surface area contributed by atoms with Crippen LogP contribution in [0.5, 0.6) is 0 Å². The normalized spacial score (nSPS) is 11.5. The van der Waals surface area contributed by atoms with Gasteiger partial charge in [0, 0.05) is 18.7 Å². The molecule has 0 unspecified atom stereocenters. The van der Waals surface area contributed by atoms with E-state index in [2.05, 4.69) is 28.9 Å². The zero-order chi connectivity index (χ0) is 16.3. The molecule has 22 heavy (non-hydrogen) atoms. The molecule has 0 fully saturated rings. The van der Waals surface area contributed by atoms with Crippen LogP contribution in [0.4, 0.5) is 5.82 Å². The molecule has 0 aliphatic carbocycles. The first-order valence-electron chi connectivity index (χ1n) is 7.09. The molecule has 2 N–H and O–H groups in total. The Morgan fingerprint density at radius 2 is 1.77 bits per heavy atom. The van der Waals surface area contributed by atoms with Gasteiger partial charge in [-0.2, -0.15) is 0 Å². The van der Waals surface area contributed by atoms with E-state index in [1.165, 1.54) is 6.07 Å². The molecule has 0 bridgehead atoms. The van der Waals surface area contributed by atoms with E-state index in [0.717, 1.165) is 18.9 Å². The van der Waals surface area contributed by atoms with Crippen LogP contribution in [-0.4, -0.2) is 31.7 Å². The van der Waals surface area contributed by atoms with E-state index in [1.54, 1.807) is 13.0 Å². The summed E-state index contributed by atoms with van der Waals surface area (Å²) in [5, 5.41) is 13.6. The number of rotatable bonds is 5. The summed E-state index contributed by atoms with van der Waals surface area (Å²) in [6.07, 6.45) is 0. The lowest BCUT2D eigenvalue weighted by Crippen LogP contribution is -2.23. The third-order valence-electron chi connectivity index (χ3n) is 3.53. The van der Waals surface area contributed by atoms with E-state index in [1.807, 2.05) is 18.2 Å². The number of sulfonamides is 1. The zero-order valence-electron chi connectivity index (χ0n) is 12.9. The molecule has 0 amide bonds. The van der Waals surface area contributed by atoms with Crippen LogP contribution in [0.15, 0.2) is 35.2 Å². The van der Waals surface area contributed by atoms with Crippen molar-refractivity contribution < 1.29 is 8.42 Å². The Kier molecular flexibility index (Phi) is 4.77. The minimum atomic E-state index is -3.75. The first-order chi connectivity index (χ1) is 10.4. The SMILES string of the molecule is CCN(CC)c1ccc(-c2ccc(C)c(S(N)(=O)=O)c2)nn1. The van der Waals surface area contributed by atoms with Gasteiger partial charge in [-0.1, -0.05) is 12.1 Å². The van der Waals surface area contributed by atoms with Crippen molar-refractivity contribution in [2.24, 2.45) is 5.14 Å². The quantitative estimate of drug-likeness (QED) is 0.909. The molecule has 0 radical (unpaired) electrons. The number of anilines is 1. The first kappa shape index (κ1) is 16.4. The molecule has 118 valence electrons. The van der Waals surface area contributed by atoms with Crippen LogP contribution in [-0.2, 0) is 10.0 Å². The van der Waals surface area contributed by atoms with E-state index in [4.69, 9.17) is 5.14 Å². The van der Waals surface area contributed by atoms with Gasteiger partial charge >= 0.3 is 0 Å². The lowest BCUT2D eigenvalue weighted by Gasteiger charge is -2.18. The second kappa shape index (κ2) is 6.41. The second-order valence-corrected chi connectivity index (χ2v) is 6.50. The molecule has 2 rings (SSSR count). The largest absolute Gasteiger partial charge is 0.356 e. The minimum Gasteiger partial charge on any atom is -0.356 e. The van der Waals surface area contributed by atoms with Gasteiger partial charge in [0.1, 0.15) is 0 Å². The van der Waals surface area contributed by atoms with Crippen molar-refractivity contribution in [2.45, 2.75) is 25.7 Å². The summed E-state index contributed by atoms with van der Waals surface area (Å²) in [6, 6.07) is 8.77. The highest BCUT2D eigenvalue weighted by atomic mass is 32.2. The molecule has 1 heterocycles. The molecule has 0 atom stereocenters. The van der Waals surface area contributed by atoms with Gasteiger partial charge in [-0.3, -0.25) is 0 Å². The molecule has 7 heteroatoms. The highest BCUT2D eigenvalue weighted by Crippen LogP contribution is 2.23. The highest BCUT2D eigenvalue weighted by molar-refractivity contribution is 7.89. The molecule has 1 aromatic carbocycles. The van der Waals surface area contributed by atoms with Gasteiger partial charge in [-0.15, -0.1) is 10.2 Å². The van der Waals surface area contributed by atoms with Crippen LogP contribution in [0.25, 0.3) is 11.3 Å². The fourth-order valence-corrected chi connectivity index (χ4v) is 3.07. The second-order valence-electron chi connectivity index (χ2n) is 4.97. The summed E-state index contributed by atoms with van der Waals surface area (Å²) >= 11 is 0. The molecule has 1 aromatic heterocycles. The Bertz CT molecular complexity index is 754. The summed E-state index contributed by atoms with van der Waals surface area (Å²) < 4.78 is 23.2. The molecule has 0 aliphatic rings. The minimum absolute atomic E-state index is 0.111. The molecule has 2 aromatic rings. The number of primary sulfonamides is 1. The van der Waals surface area contributed by atoms with Gasteiger partial charge in [-0.05, 0) is 44.5 Å². The monoisotopic (exact) mass is 320 g/mol. The van der Waals surface area contributed by atoms with Crippen molar-refractivity contribution in [1.29, 1.82) is 0 Å². The van der Waals surface area contributed by atoms with Crippen LogP contribution in [0, 0.1) is 6.92 Å². The van der Waals surface area contributed by atoms with E-state index in [9.17, 15) is 8.42 Å². The van der Waals surface area contributed by atoms with Gasteiger partial charge in [0.25, 0.3) is 0 Å². The van der Waals surface area contributed by atoms with Crippen molar-refractivity contribution in [1.82, 2.24) is 10.2 Å². The van der Waals surface area contributed by atoms with Crippen molar-refractivity contribution in [3.05, 3.63) is 35.9 Å². The molecule has 6 nitrogen and oxygen atoms in total. The van der Waals surface area contributed by atoms with E-state index in [0.29, 0.717) is 16.8 Å². The van der Waals surface area contributed by atoms with Crippen LogP contribution in [0.3, 0.4) is 0 Å². The number of hydrogen-bond donors (Lipinski definition) is 1. The molecule has 0 saturated carbocycles. The Hall–Kier alpha value is -1.99. The Morgan fingerprint density at radius 3 is 2.27 bits per heavy atom. The maximum Gasteiger partial charge on any atom is 0.238 e.